The Hall–Kier alpha value is -2.38. The lowest BCUT2D eigenvalue weighted by atomic mass is 10.3. The van der Waals surface area contributed by atoms with Crippen molar-refractivity contribution >= 4 is 45.6 Å². The minimum atomic E-state index is -0.665. The van der Waals surface area contributed by atoms with Gasteiger partial charge in [0.1, 0.15) is 0 Å². The van der Waals surface area contributed by atoms with Gasteiger partial charge in [0.15, 0.2) is 17.4 Å². The molecule has 0 atom stereocenters. The number of rotatable bonds is 7. The van der Waals surface area contributed by atoms with Gasteiger partial charge in [0.05, 0.1) is 10.7 Å². The minimum Gasteiger partial charge on any atom is -0.451 e. The van der Waals surface area contributed by atoms with Gasteiger partial charge in [-0.1, -0.05) is 29.8 Å². The maximum atomic E-state index is 11.8. The lowest BCUT2D eigenvalue weighted by Gasteiger charge is -2.07. The Morgan fingerprint density at radius 2 is 2.17 bits per heavy atom. The SMILES string of the molecule is C=CCNc1nc(C(=O)OCC(=O)Nc2ccccc2Cl)cs1. The number of amides is 1. The smallest absolute Gasteiger partial charge is 0.358 e. The van der Waals surface area contributed by atoms with E-state index in [2.05, 4.69) is 22.2 Å². The van der Waals surface area contributed by atoms with Crippen LogP contribution in [0.3, 0.4) is 0 Å². The molecule has 1 aromatic heterocycles. The second-order valence-electron chi connectivity index (χ2n) is 4.31. The Morgan fingerprint density at radius 3 is 2.91 bits per heavy atom. The predicted molar refractivity (Wildman–Crippen MR) is 91.2 cm³/mol. The highest BCUT2D eigenvalue weighted by Crippen LogP contribution is 2.20. The van der Waals surface area contributed by atoms with Gasteiger partial charge in [-0.2, -0.15) is 0 Å². The number of carbonyl (C=O) groups excluding carboxylic acids is 2. The van der Waals surface area contributed by atoms with E-state index < -0.39 is 18.5 Å². The fourth-order valence-corrected chi connectivity index (χ4v) is 2.43. The van der Waals surface area contributed by atoms with Gasteiger partial charge in [-0.15, -0.1) is 17.9 Å². The number of nitrogens with zero attached hydrogens (tertiary/aromatic N) is 1. The van der Waals surface area contributed by atoms with Gasteiger partial charge in [0, 0.05) is 11.9 Å². The molecule has 1 heterocycles. The number of aromatic nitrogens is 1. The van der Waals surface area contributed by atoms with Gasteiger partial charge >= 0.3 is 5.97 Å². The van der Waals surface area contributed by atoms with Crippen molar-refractivity contribution in [1.29, 1.82) is 0 Å². The molecule has 0 bridgehead atoms. The van der Waals surface area contributed by atoms with E-state index in [1.54, 1.807) is 35.7 Å². The first-order valence-electron chi connectivity index (χ1n) is 6.62. The standard InChI is InChI=1S/C15H14ClN3O3S/c1-2-7-17-15-19-12(9-23-15)14(21)22-8-13(20)18-11-6-4-3-5-10(11)16/h2-6,9H,1,7-8H2,(H,17,19)(H,18,20). The molecular formula is C15H14ClN3O3S. The summed E-state index contributed by atoms with van der Waals surface area (Å²) >= 11 is 7.19. The van der Waals surface area contributed by atoms with Gasteiger partial charge in [-0.05, 0) is 12.1 Å². The normalized spacial score (nSPS) is 9.96. The maximum Gasteiger partial charge on any atom is 0.358 e. The number of anilines is 2. The summed E-state index contributed by atoms with van der Waals surface area (Å²) in [5.74, 6) is -1.14. The summed E-state index contributed by atoms with van der Waals surface area (Å²) in [7, 11) is 0. The summed E-state index contributed by atoms with van der Waals surface area (Å²) in [6, 6.07) is 6.79. The predicted octanol–water partition coefficient (Wildman–Crippen LogP) is 3.19. The van der Waals surface area contributed by atoms with E-state index in [1.165, 1.54) is 11.3 Å². The van der Waals surface area contributed by atoms with Crippen molar-refractivity contribution in [2.75, 3.05) is 23.8 Å². The van der Waals surface area contributed by atoms with Crippen LogP contribution in [0.25, 0.3) is 0 Å². The molecule has 2 aromatic rings. The zero-order valence-electron chi connectivity index (χ0n) is 12.0. The maximum absolute atomic E-state index is 11.8. The molecule has 23 heavy (non-hydrogen) atoms. The number of hydrogen-bond acceptors (Lipinski definition) is 6. The molecule has 0 fully saturated rings. The minimum absolute atomic E-state index is 0.145. The van der Waals surface area contributed by atoms with E-state index >= 15 is 0 Å². The first-order chi connectivity index (χ1) is 11.1. The van der Waals surface area contributed by atoms with Crippen molar-refractivity contribution in [2.45, 2.75) is 0 Å². The Morgan fingerprint density at radius 1 is 1.39 bits per heavy atom. The Bertz CT molecular complexity index is 717. The number of thiazole rings is 1. The van der Waals surface area contributed by atoms with Gasteiger partial charge in [-0.3, -0.25) is 4.79 Å². The molecule has 0 saturated carbocycles. The number of benzene rings is 1. The van der Waals surface area contributed by atoms with Crippen LogP contribution < -0.4 is 10.6 Å². The molecule has 6 nitrogen and oxygen atoms in total. The monoisotopic (exact) mass is 351 g/mol. The quantitative estimate of drug-likeness (QED) is 0.591. The fraction of sp³-hybridized carbons (Fsp3) is 0.133. The lowest BCUT2D eigenvalue weighted by molar-refractivity contribution is -0.119. The summed E-state index contributed by atoms with van der Waals surface area (Å²) in [5, 5.41) is 8.07. The Kier molecular flexibility index (Phi) is 6.13. The summed E-state index contributed by atoms with van der Waals surface area (Å²) in [6.45, 7) is 3.70. The topological polar surface area (TPSA) is 80.3 Å². The molecule has 1 aromatic carbocycles. The molecule has 0 unspecified atom stereocenters. The average Bonchev–Trinajstić information content (AvgIpc) is 3.02. The van der Waals surface area contributed by atoms with E-state index in [1.807, 2.05) is 0 Å². The van der Waals surface area contributed by atoms with Gasteiger partial charge in [0.25, 0.3) is 5.91 Å². The van der Waals surface area contributed by atoms with Crippen molar-refractivity contribution in [3.8, 4) is 0 Å². The molecule has 0 aliphatic rings. The van der Waals surface area contributed by atoms with E-state index in [-0.39, 0.29) is 5.69 Å². The van der Waals surface area contributed by atoms with E-state index in [0.717, 1.165) is 0 Å². The summed E-state index contributed by atoms with van der Waals surface area (Å²) < 4.78 is 4.92. The third kappa shape index (κ3) is 5.08. The van der Waals surface area contributed by atoms with E-state index in [4.69, 9.17) is 16.3 Å². The molecule has 0 aliphatic heterocycles. The first kappa shape index (κ1) is 17.0. The van der Waals surface area contributed by atoms with Crippen LogP contribution in [0.2, 0.25) is 5.02 Å². The Balaban J connectivity index is 1.84. The largest absolute Gasteiger partial charge is 0.451 e. The number of carbonyl (C=O) groups is 2. The number of hydrogen-bond donors (Lipinski definition) is 2. The molecule has 0 aliphatic carbocycles. The van der Waals surface area contributed by atoms with E-state index in [9.17, 15) is 9.59 Å². The average molecular weight is 352 g/mol. The van der Waals surface area contributed by atoms with Crippen LogP contribution in [0, 0.1) is 0 Å². The molecular weight excluding hydrogens is 338 g/mol. The van der Waals surface area contributed by atoms with Gasteiger partial charge < -0.3 is 15.4 Å². The van der Waals surface area contributed by atoms with Crippen LogP contribution in [-0.2, 0) is 9.53 Å². The third-order valence-electron chi connectivity index (χ3n) is 2.59. The molecule has 120 valence electrons. The highest BCUT2D eigenvalue weighted by molar-refractivity contribution is 7.13. The zero-order valence-corrected chi connectivity index (χ0v) is 13.6. The molecule has 2 rings (SSSR count). The molecule has 0 spiro atoms. The van der Waals surface area contributed by atoms with Crippen LogP contribution in [0.5, 0.6) is 0 Å². The molecule has 8 heteroatoms. The van der Waals surface area contributed by atoms with E-state index in [0.29, 0.717) is 22.4 Å². The van der Waals surface area contributed by atoms with Crippen LogP contribution in [-0.4, -0.2) is 30.0 Å². The van der Waals surface area contributed by atoms with Gasteiger partial charge in [-0.25, -0.2) is 9.78 Å². The van der Waals surface area contributed by atoms with Crippen LogP contribution in [0.15, 0.2) is 42.3 Å². The summed E-state index contributed by atoms with van der Waals surface area (Å²) in [6.07, 6.45) is 1.68. The van der Waals surface area contributed by atoms with Crippen LogP contribution in [0.1, 0.15) is 10.5 Å². The van der Waals surface area contributed by atoms with Crippen molar-refractivity contribution < 1.29 is 14.3 Å². The number of halogens is 1. The summed E-state index contributed by atoms with van der Waals surface area (Å²) in [4.78, 5) is 27.6. The molecule has 0 saturated heterocycles. The molecule has 0 radical (unpaired) electrons. The van der Waals surface area contributed by atoms with Crippen molar-refractivity contribution in [3.63, 3.8) is 0 Å². The highest BCUT2D eigenvalue weighted by atomic mass is 35.5. The lowest BCUT2D eigenvalue weighted by Crippen LogP contribution is -2.21. The second kappa shape index (κ2) is 8.30. The third-order valence-corrected chi connectivity index (χ3v) is 3.72. The first-order valence-corrected chi connectivity index (χ1v) is 7.87. The summed E-state index contributed by atoms with van der Waals surface area (Å²) in [5.41, 5.74) is 0.604. The highest BCUT2D eigenvalue weighted by Gasteiger charge is 2.14. The number of ether oxygens (including phenoxy) is 1. The molecule has 1 amide bonds. The number of nitrogens with one attached hydrogen (secondary N) is 2. The number of esters is 1. The van der Waals surface area contributed by atoms with Crippen LogP contribution in [0.4, 0.5) is 10.8 Å². The van der Waals surface area contributed by atoms with Crippen molar-refractivity contribution in [2.24, 2.45) is 0 Å². The van der Waals surface area contributed by atoms with Crippen LogP contribution >= 0.6 is 22.9 Å². The molecule has 2 N–H and O–H groups in total. The van der Waals surface area contributed by atoms with Crippen molar-refractivity contribution in [1.82, 2.24) is 4.98 Å². The van der Waals surface area contributed by atoms with Gasteiger partial charge in [0.2, 0.25) is 0 Å². The fourth-order valence-electron chi connectivity index (χ4n) is 1.56. The van der Waals surface area contributed by atoms with Crippen molar-refractivity contribution in [3.05, 3.63) is 53.0 Å². The zero-order chi connectivity index (χ0) is 16.7. The number of para-hydroxylation sites is 1. The Labute approximate surface area is 142 Å². The second-order valence-corrected chi connectivity index (χ2v) is 5.58.